The molecule has 0 aliphatic carbocycles. The minimum Gasteiger partial charge on any atom is -0.396 e. The Morgan fingerprint density at radius 3 is 2.73 bits per heavy atom. The van der Waals surface area contributed by atoms with Crippen LogP contribution in [0.15, 0.2) is 28.5 Å². The highest BCUT2D eigenvalue weighted by molar-refractivity contribution is 7.95. The van der Waals surface area contributed by atoms with Crippen molar-refractivity contribution in [3.8, 4) is 0 Å². The van der Waals surface area contributed by atoms with E-state index in [0.717, 1.165) is 11.5 Å². The van der Waals surface area contributed by atoms with Gasteiger partial charge in [0.1, 0.15) is 10.7 Å². The van der Waals surface area contributed by atoms with Gasteiger partial charge in [-0.25, -0.2) is 12.8 Å². The highest BCUT2D eigenvalue weighted by Crippen LogP contribution is 2.36. The Morgan fingerprint density at radius 2 is 2.07 bits per heavy atom. The van der Waals surface area contributed by atoms with Gasteiger partial charge >= 0.3 is 0 Å². The minimum atomic E-state index is -3.66. The van der Waals surface area contributed by atoms with Gasteiger partial charge in [0, 0.05) is 17.6 Å². The second-order valence-corrected chi connectivity index (χ2v) is 5.01. The molecular weight excluding hydrogens is 219 g/mol. The number of hydrogen-bond donors (Lipinski definition) is 1. The second kappa shape index (κ2) is 3.43. The number of aliphatic hydroxyl groups excluding tert-OH is 1. The smallest absolute Gasteiger partial charge is 0.203 e. The molecule has 3 nitrogen and oxygen atoms in total. The third-order valence-electron chi connectivity index (χ3n) is 2.28. The fourth-order valence-corrected chi connectivity index (χ4v) is 3.26. The van der Waals surface area contributed by atoms with Crippen molar-refractivity contribution in [2.24, 2.45) is 0 Å². The van der Waals surface area contributed by atoms with E-state index in [-0.39, 0.29) is 17.9 Å². The molecule has 2 rings (SSSR count). The molecule has 0 amide bonds. The van der Waals surface area contributed by atoms with Crippen molar-refractivity contribution in [2.45, 2.75) is 11.3 Å². The van der Waals surface area contributed by atoms with Crippen LogP contribution in [-0.4, -0.2) is 20.1 Å². The normalized spacial score (nSPS) is 17.3. The minimum absolute atomic E-state index is 0.155. The number of benzene rings is 1. The number of halogens is 1. The van der Waals surface area contributed by atoms with Crippen LogP contribution in [0.1, 0.15) is 12.0 Å². The van der Waals surface area contributed by atoms with E-state index >= 15 is 0 Å². The van der Waals surface area contributed by atoms with Gasteiger partial charge in [0.2, 0.25) is 9.84 Å². The van der Waals surface area contributed by atoms with E-state index in [9.17, 15) is 12.8 Å². The Kier molecular flexibility index (Phi) is 2.36. The second-order valence-electron chi connectivity index (χ2n) is 3.28. The lowest BCUT2D eigenvalue weighted by atomic mass is 10.1. The molecule has 1 aromatic carbocycles. The van der Waals surface area contributed by atoms with Gasteiger partial charge in [-0.2, -0.15) is 0 Å². The SMILES string of the molecule is O=S1(=O)C=C(CCO)c2cccc(F)c21. The molecule has 1 N–H and O–H groups in total. The topological polar surface area (TPSA) is 54.4 Å². The Morgan fingerprint density at radius 1 is 1.33 bits per heavy atom. The van der Waals surface area contributed by atoms with Crippen molar-refractivity contribution in [1.29, 1.82) is 0 Å². The maximum Gasteiger partial charge on any atom is 0.203 e. The molecule has 0 bridgehead atoms. The van der Waals surface area contributed by atoms with Crippen molar-refractivity contribution in [2.75, 3.05) is 6.61 Å². The first-order chi connectivity index (χ1) is 7.06. The molecule has 15 heavy (non-hydrogen) atoms. The number of rotatable bonds is 2. The average Bonchev–Trinajstić information content (AvgIpc) is 2.40. The van der Waals surface area contributed by atoms with Gasteiger partial charge < -0.3 is 5.11 Å². The maximum atomic E-state index is 13.3. The van der Waals surface area contributed by atoms with Crippen LogP contribution < -0.4 is 0 Å². The van der Waals surface area contributed by atoms with Crippen molar-refractivity contribution >= 4 is 15.4 Å². The molecule has 1 aliphatic rings. The standard InChI is InChI=1S/C10H9FO3S/c11-9-3-1-2-8-7(4-5-12)6-15(13,14)10(8)9/h1-3,6,12H,4-5H2. The Labute approximate surface area is 86.8 Å². The summed E-state index contributed by atoms with van der Waals surface area (Å²) in [4.78, 5) is -0.270. The number of hydrogen-bond acceptors (Lipinski definition) is 3. The molecule has 1 aromatic rings. The fourth-order valence-electron chi connectivity index (χ4n) is 1.67. The van der Waals surface area contributed by atoms with E-state index in [1.165, 1.54) is 6.07 Å². The zero-order valence-corrected chi connectivity index (χ0v) is 8.59. The molecule has 1 heterocycles. The summed E-state index contributed by atoms with van der Waals surface area (Å²) >= 11 is 0. The first kappa shape index (κ1) is 10.3. The Bertz CT molecular complexity index is 532. The molecule has 1 aliphatic heterocycles. The average molecular weight is 228 g/mol. The third kappa shape index (κ3) is 1.57. The molecule has 0 saturated carbocycles. The third-order valence-corrected chi connectivity index (χ3v) is 3.85. The molecule has 0 fully saturated rings. The molecule has 0 spiro atoms. The van der Waals surface area contributed by atoms with Crippen LogP contribution in [0, 0.1) is 5.82 Å². The van der Waals surface area contributed by atoms with E-state index < -0.39 is 15.7 Å². The molecule has 0 atom stereocenters. The zero-order chi connectivity index (χ0) is 11.1. The summed E-state index contributed by atoms with van der Waals surface area (Å²) in [7, 11) is -3.66. The predicted molar refractivity (Wildman–Crippen MR) is 53.3 cm³/mol. The van der Waals surface area contributed by atoms with Gasteiger partial charge in [-0.05, 0) is 18.1 Å². The van der Waals surface area contributed by atoms with Crippen LogP contribution in [0.2, 0.25) is 0 Å². The summed E-state index contributed by atoms with van der Waals surface area (Å²) in [5, 5.41) is 9.79. The van der Waals surface area contributed by atoms with Gasteiger partial charge in [0.15, 0.2) is 0 Å². The predicted octanol–water partition coefficient (Wildman–Crippen LogP) is 1.34. The monoisotopic (exact) mass is 228 g/mol. The van der Waals surface area contributed by atoms with Crippen LogP contribution in [0.25, 0.3) is 5.57 Å². The van der Waals surface area contributed by atoms with E-state index in [1.807, 2.05) is 0 Å². The van der Waals surface area contributed by atoms with Crippen molar-refractivity contribution < 1.29 is 17.9 Å². The lowest BCUT2D eigenvalue weighted by Gasteiger charge is -2.02. The summed E-state index contributed by atoms with van der Waals surface area (Å²) < 4.78 is 36.4. The molecule has 80 valence electrons. The van der Waals surface area contributed by atoms with Crippen LogP contribution in [0.3, 0.4) is 0 Å². The van der Waals surface area contributed by atoms with Crippen LogP contribution in [0.5, 0.6) is 0 Å². The van der Waals surface area contributed by atoms with Gasteiger partial charge in [-0.1, -0.05) is 12.1 Å². The molecule has 0 aromatic heterocycles. The maximum absolute atomic E-state index is 13.3. The molecule has 0 radical (unpaired) electrons. The molecule has 0 unspecified atom stereocenters. The first-order valence-electron chi connectivity index (χ1n) is 4.41. The summed E-state index contributed by atoms with van der Waals surface area (Å²) in [6.07, 6.45) is 0.218. The summed E-state index contributed by atoms with van der Waals surface area (Å²) in [6.45, 7) is -0.155. The lowest BCUT2D eigenvalue weighted by molar-refractivity contribution is 0.305. The number of fused-ring (bicyclic) bond motifs is 1. The van der Waals surface area contributed by atoms with Gasteiger partial charge in [-0.15, -0.1) is 0 Å². The highest BCUT2D eigenvalue weighted by Gasteiger charge is 2.29. The van der Waals surface area contributed by atoms with E-state index in [1.54, 1.807) is 6.07 Å². The highest BCUT2D eigenvalue weighted by atomic mass is 32.2. The van der Waals surface area contributed by atoms with Crippen molar-refractivity contribution in [3.05, 3.63) is 35.0 Å². The fraction of sp³-hybridized carbons (Fsp3) is 0.200. The lowest BCUT2D eigenvalue weighted by Crippen LogP contribution is -1.97. The van der Waals surface area contributed by atoms with Gasteiger partial charge in [-0.3, -0.25) is 0 Å². The van der Waals surface area contributed by atoms with E-state index in [2.05, 4.69) is 0 Å². The Hall–Kier alpha value is -1.20. The quantitative estimate of drug-likeness (QED) is 0.831. The van der Waals surface area contributed by atoms with Crippen LogP contribution in [-0.2, 0) is 9.84 Å². The first-order valence-corrected chi connectivity index (χ1v) is 5.96. The molecule has 0 saturated heterocycles. The summed E-state index contributed by atoms with van der Waals surface area (Å²) in [5.41, 5.74) is 0.830. The molecule has 5 heteroatoms. The van der Waals surface area contributed by atoms with Gasteiger partial charge in [0.05, 0.1) is 0 Å². The number of sulfone groups is 1. The van der Waals surface area contributed by atoms with Crippen molar-refractivity contribution in [1.82, 2.24) is 0 Å². The van der Waals surface area contributed by atoms with Crippen LogP contribution in [0.4, 0.5) is 4.39 Å². The number of aliphatic hydroxyl groups is 1. The van der Waals surface area contributed by atoms with E-state index in [4.69, 9.17) is 5.11 Å². The van der Waals surface area contributed by atoms with E-state index in [0.29, 0.717) is 11.1 Å². The largest absolute Gasteiger partial charge is 0.396 e. The molecular formula is C10H9FO3S. The summed E-state index contributed by atoms with van der Waals surface area (Å²) in [6, 6.07) is 4.12. The Balaban J connectivity index is 2.68. The van der Waals surface area contributed by atoms with Crippen molar-refractivity contribution in [3.63, 3.8) is 0 Å². The summed E-state index contributed by atoms with van der Waals surface area (Å²) in [5.74, 6) is -0.739. The zero-order valence-electron chi connectivity index (χ0n) is 7.77. The van der Waals surface area contributed by atoms with Crippen LogP contribution >= 0.6 is 0 Å². The van der Waals surface area contributed by atoms with Gasteiger partial charge in [0.25, 0.3) is 0 Å².